The molecule has 1 unspecified atom stereocenters. The monoisotopic (exact) mass is 453 g/mol. The average molecular weight is 454 g/mol. The SMILES string of the molecule is COc1cc(OC)c(/C(O)=C2/C(=O)C(=O)N(c3ccccc3C)C2c2ccco2)cc1Cl. The number of rotatable bonds is 5. The Morgan fingerprint density at radius 3 is 2.41 bits per heavy atom. The van der Waals surface area contributed by atoms with Crippen LogP contribution in [0.25, 0.3) is 5.76 Å². The Morgan fingerprint density at radius 2 is 1.78 bits per heavy atom. The number of methoxy groups -OCH3 is 2. The van der Waals surface area contributed by atoms with Crippen molar-refractivity contribution in [1.82, 2.24) is 0 Å². The number of aliphatic hydroxyl groups is 1. The molecule has 1 aliphatic heterocycles. The van der Waals surface area contributed by atoms with Gasteiger partial charge in [-0.1, -0.05) is 29.8 Å². The molecule has 0 saturated carbocycles. The van der Waals surface area contributed by atoms with E-state index in [-0.39, 0.29) is 21.9 Å². The molecule has 3 aromatic rings. The topological polar surface area (TPSA) is 89.2 Å². The number of Topliss-reactive ketones (excluding diaryl/α,β-unsaturated/α-hetero) is 1. The van der Waals surface area contributed by atoms with E-state index >= 15 is 0 Å². The first-order valence-corrected chi connectivity index (χ1v) is 10.1. The molecule has 0 aliphatic carbocycles. The zero-order chi connectivity index (χ0) is 23.0. The number of nitrogens with zero attached hydrogens (tertiary/aromatic N) is 1. The minimum atomic E-state index is -0.975. The number of hydrogen-bond donors (Lipinski definition) is 1. The molecule has 2 aromatic carbocycles. The minimum absolute atomic E-state index is 0.132. The quantitative estimate of drug-likeness (QED) is 0.336. The van der Waals surface area contributed by atoms with Gasteiger partial charge in [-0.2, -0.15) is 0 Å². The number of aliphatic hydroxyl groups excluding tert-OH is 1. The number of furan rings is 1. The molecule has 7 nitrogen and oxygen atoms in total. The van der Waals surface area contributed by atoms with Crippen LogP contribution >= 0.6 is 11.6 Å². The molecule has 0 radical (unpaired) electrons. The number of halogens is 1. The van der Waals surface area contributed by atoms with Gasteiger partial charge in [-0.25, -0.2) is 0 Å². The zero-order valence-corrected chi connectivity index (χ0v) is 18.3. The predicted molar refractivity (Wildman–Crippen MR) is 119 cm³/mol. The van der Waals surface area contributed by atoms with E-state index < -0.39 is 23.5 Å². The van der Waals surface area contributed by atoms with Crippen LogP contribution in [0.1, 0.15) is 22.9 Å². The Hall–Kier alpha value is -3.71. The Labute approximate surface area is 189 Å². The molecule has 164 valence electrons. The fourth-order valence-electron chi connectivity index (χ4n) is 3.82. The number of ketones is 1. The van der Waals surface area contributed by atoms with E-state index in [1.54, 1.807) is 24.3 Å². The molecular weight excluding hydrogens is 434 g/mol. The lowest BCUT2D eigenvalue weighted by atomic mass is 9.98. The molecule has 2 heterocycles. The van der Waals surface area contributed by atoms with Crippen LogP contribution in [0, 0.1) is 6.92 Å². The number of carbonyl (C=O) groups excluding carboxylic acids is 2. The second-order valence-corrected chi connectivity index (χ2v) is 7.57. The van der Waals surface area contributed by atoms with Gasteiger partial charge in [0.15, 0.2) is 0 Å². The summed E-state index contributed by atoms with van der Waals surface area (Å²) < 4.78 is 16.1. The second-order valence-electron chi connectivity index (χ2n) is 7.16. The van der Waals surface area contributed by atoms with Crippen molar-refractivity contribution in [3.05, 3.63) is 82.3 Å². The van der Waals surface area contributed by atoms with Crippen molar-refractivity contribution < 1.29 is 28.6 Å². The zero-order valence-electron chi connectivity index (χ0n) is 17.6. The van der Waals surface area contributed by atoms with Gasteiger partial charge in [0.25, 0.3) is 11.7 Å². The Morgan fingerprint density at radius 1 is 1.06 bits per heavy atom. The standard InChI is InChI=1S/C24H20ClNO6/c1-13-7-4-5-8-16(13)26-21(17-9-6-10-32-17)20(23(28)24(26)29)22(27)14-11-15(25)19(31-3)12-18(14)30-2/h4-12,21,27H,1-3H3/b22-20-. The highest BCUT2D eigenvalue weighted by Crippen LogP contribution is 2.45. The van der Waals surface area contributed by atoms with Gasteiger partial charge in [-0.15, -0.1) is 0 Å². The minimum Gasteiger partial charge on any atom is -0.507 e. The van der Waals surface area contributed by atoms with Crippen LogP contribution in [0.2, 0.25) is 5.02 Å². The van der Waals surface area contributed by atoms with Crippen molar-refractivity contribution in [2.45, 2.75) is 13.0 Å². The van der Waals surface area contributed by atoms with E-state index in [2.05, 4.69) is 0 Å². The summed E-state index contributed by atoms with van der Waals surface area (Å²) in [7, 11) is 2.86. The van der Waals surface area contributed by atoms with Crippen molar-refractivity contribution in [2.75, 3.05) is 19.1 Å². The van der Waals surface area contributed by atoms with E-state index in [1.165, 1.54) is 37.5 Å². The van der Waals surface area contributed by atoms with Crippen LogP contribution in [0.4, 0.5) is 5.69 Å². The highest BCUT2D eigenvalue weighted by atomic mass is 35.5. The van der Waals surface area contributed by atoms with Crippen molar-refractivity contribution in [2.24, 2.45) is 0 Å². The molecule has 1 saturated heterocycles. The van der Waals surface area contributed by atoms with Gasteiger partial charge in [0, 0.05) is 11.8 Å². The number of hydrogen-bond acceptors (Lipinski definition) is 6. The van der Waals surface area contributed by atoms with Crippen LogP contribution in [0.15, 0.2) is 64.8 Å². The molecule has 8 heteroatoms. The maximum atomic E-state index is 13.2. The lowest BCUT2D eigenvalue weighted by Gasteiger charge is -2.25. The third-order valence-corrected chi connectivity index (χ3v) is 5.66. The molecule has 1 aliphatic rings. The van der Waals surface area contributed by atoms with E-state index in [0.717, 1.165) is 5.56 Å². The largest absolute Gasteiger partial charge is 0.507 e. The number of benzene rings is 2. The summed E-state index contributed by atoms with van der Waals surface area (Å²) in [6.07, 6.45) is 1.44. The molecule has 1 fully saturated rings. The van der Waals surface area contributed by atoms with Crippen molar-refractivity contribution in [1.29, 1.82) is 0 Å². The Kier molecular flexibility index (Phi) is 5.67. The first kappa shape index (κ1) is 21.5. The summed E-state index contributed by atoms with van der Waals surface area (Å²) in [5, 5.41) is 11.5. The van der Waals surface area contributed by atoms with Gasteiger partial charge < -0.3 is 19.0 Å². The number of amides is 1. The smallest absolute Gasteiger partial charge is 0.300 e. The summed E-state index contributed by atoms with van der Waals surface area (Å²) >= 11 is 6.26. The van der Waals surface area contributed by atoms with E-state index in [4.69, 9.17) is 25.5 Å². The molecule has 32 heavy (non-hydrogen) atoms. The van der Waals surface area contributed by atoms with Crippen molar-refractivity contribution in [3.63, 3.8) is 0 Å². The molecule has 0 bridgehead atoms. The number of ether oxygens (including phenoxy) is 2. The van der Waals surface area contributed by atoms with Crippen LogP contribution in [-0.2, 0) is 9.59 Å². The van der Waals surface area contributed by atoms with Crippen molar-refractivity contribution in [3.8, 4) is 11.5 Å². The Bertz CT molecular complexity index is 1230. The average Bonchev–Trinajstić information content (AvgIpc) is 3.41. The summed E-state index contributed by atoms with van der Waals surface area (Å²) in [5.74, 6) is -1.16. The van der Waals surface area contributed by atoms with Gasteiger partial charge in [0.05, 0.1) is 36.6 Å². The summed E-state index contributed by atoms with van der Waals surface area (Å²) in [6.45, 7) is 1.83. The lowest BCUT2D eigenvalue weighted by Crippen LogP contribution is -2.29. The fourth-order valence-corrected chi connectivity index (χ4v) is 4.06. The van der Waals surface area contributed by atoms with E-state index in [0.29, 0.717) is 17.2 Å². The second kappa shape index (κ2) is 8.43. The maximum Gasteiger partial charge on any atom is 0.300 e. The normalized spacial score (nSPS) is 17.6. The van der Waals surface area contributed by atoms with Crippen LogP contribution in [-0.4, -0.2) is 31.0 Å². The molecule has 1 amide bonds. The summed E-state index contributed by atoms with van der Waals surface area (Å²) in [4.78, 5) is 27.7. The van der Waals surface area contributed by atoms with Crippen LogP contribution in [0.3, 0.4) is 0 Å². The van der Waals surface area contributed by atoms with Crippen LogP contribution < -0.4 is 14.4 Å². The van der Waals surface area contributed by atoms with Gasteiger partial charge in [0.2, 0.25) is 0 Å². The molecule has 1 aromatic heterocycles. The molecule has 4 rings (SSSR count). The first-order valence-electron chi connectivity index (χ1n) is 9.71. The number of aryl methyl sites for hydroxylation is 1. The van der Waals surface area contributed by atoms with Crippen LogP contribution in [0.5, 0.6) is 11.5 Å². The van der Waals surface area contributed by atoms with Gasteiger partial charge in [-0.3, -0.25) is 14.5 Å². The molecule has 0 spiro atoms. The lowest BCUT2D eigenvalue weighted by molar-refractivity contribution is -0.132. The summed E-state index contributed by atoms with van der Waals surface area (Å²) in [6, 6.07) is 12.4. The molecule has 1 N–H and O–H groups in total. The highest BCUT2D eigenvalue weighted by Gasteiger charge is 2.48. The van der Waals surface area contributed by atoms with Crippen molar-refractivity contribution >= 4 is 34.7 Å². The van der Waals surface area contributed by atoms with E-state index in [9.17, 15) is 14.7 Å². The van der Waals surface area contributed by atoms with E-state index in [1.807, 2.05) is 19.1 Å². The predicted octanol–water partition coefficient (Wildman–Crippen LogP) is 4.88. The highest BCUT2D eigenvalue weighted by molar-refractivity contribution is 6.51. The number of para-hydroxylation sites is 1. The third-order valence-electron chi connectivity index (χ3n) is 5.36. The molecule has 1 atom stereocenters. The first-order chi connectivity index (χ1) is 15.4. The van der Waals surface area contributed by atoms with Gasteiger partial charge in [0.1, 0.15) is 29.1 Å². The third kappa shape index (κ3) is 3.40. The maximum absolute atomic E-state index is 13.2. The number of carbonyl (C=O) groups is 2. The molecular formula is C24H20ClNO6. The Balaban J connectivity index is 1.98. The van der Waals surface area contributed by atoms with Gasteiger partial charge in [-0.05, 0) is 36.8 Å². The van der Waals surface area contributed by atoms with Gasteiger partial charge >= 0.3 is 0 Å². The number of anilines is 1. The summed E-state index contributed by atoms with van der Waals surface area (Å²) in [5.41, 5.74) is 1.34. The fraction of sp³-hybridized carbons (Fsp3) is 0.167.